The van der Waals surface area contributed by atoms with E-state index < -0.39 is 50.1 Å². The Morgan fingerprint density at radius 2 is 1.07 bits per heavy atom. The molecule has 18 nitrogen and oxygen atoms in total. The second-order valence-electron chi connectivity index (χ2n) is 10.7. The maximum absolute atomic E-state index is 12.3. The maximum atomic E-state index is 12.3. The number of hydrogen-bond acceptors (Lipinski definition) is 17. The number of esters is 2. The molecule has 0 saturated heterocycles. The molecular formula is C34H24N4Na2O14S2. The number of ether oxygens (including phenoxy) is 2. The summed E-state index contributed by atoms with van der Waals surface area (Å²) in [7, 11) is -5.21. The number of rotatable bonds is 15. The molecule has 2 N–H and O–H groups in total. The predicted octanol–water partition coefficient (Wildman–Crippen LogP) is 0.687. The topological polar surface area (TPSA) is 275 Å². The van der Waals surface area contributed by atoms with Crippen LogP contribution in [-0.4, -0.2) is 47.1 Å². The van der Waals surface area contributed by atoms with Gasteiger partial charge in [-0.2, -0.15) is 4.33 Å². The summed E-state index contributed by atoms with van der Waals surface area (Å²) < 4.78 is 51.5. The summed E-state index contributed by atoms with van der Waals surface area (Å²) in [5.74, 6) is -4.69. The summed E-state index contributed by atoms with van der Waals surface area (Å²) in [6.07, 6.45) is 0. The van der Waals surface area contributed by atoms with Gasteiger partial charge >= 0.3 is 83.0 Å². The second kappa shape index (κ2) is 21.2. The van der Waals surface area contributed by atoms with E-state index in [-0.39, 0.29) is 120 Å². The summed E-state index contributed by atoms with van der Waals surface area (Å²) in [6, 6.07) is 14.5. The monoisotopic (exact) mass is 822 g/mol. The van der Waals surface area contributed by atoms with Gasteiger partial charge in [0.15, 0.2) is 0 Å². The van der Waals surface area contributed by atoms with Gasteiger partial charge in [-0.3, -0.25) is 5.04 Å². The van der Waals surface area contributed by atoms with E-state index in [2.05, 4.69) is 43.0 Å². The SMILES string of the molecule is C=C(C)C(=O)Oc1ccc(N=Nc2ccc(-c3ccc(N=Nc4ccc(OC(=O)C(=C)C)cc4C(=O)O)c(S(=O)(=O)[O-])c3)cc2SOO[O-])c(C(=O)O)c1.[Na+].[Na+]. The molecule has 0 aliphatic heterocycles. The molecule has 0 aliphatic rings. The molecule has 56 heavy (non-hydrogen) atoms. The minimum absolute atomic E-state index is 0. The molecule has 0 unspecified atom stereocenters. The van der Waals surface area contributed by atoms with E-state index in [1.807, 2.05) is 0 Å². The van der Waals surface area contributed by atoms with Crippen molar-refractivity contribution in [3.8, 4) is 22.6 Å². The molecule has 4 aromatic rings. The quantitative estimate of drug-likeness (QED) is 0.0192. The molecule has 0 spiro atoms. The molecule has 0 amide bonds. The molecule has 4 aromatic carbocycles. The first-order valence-corrected chi connectivity index (χ1v) is 16.8. The van der Waals surface area contributed by atoms with Gasteiger partial charge in [-0.05, 0) is 85.6 Å². The van der Waals surface area contributed by atoms with Crippen LogP contribution in [0.25, 0.3) is 11.1 Å². The normalized spacial score (nSPS) is 11.0. The van der Waals surface area contributed by atoms with Crippen LogP contribution in [0.4, 0.5) is 22.7 Å². The van der Waals surface area contributed by atoms with Crippen LogP contribution in [0.2, 0.25) is 0 Å². The van der Waals surface area contributed by atoms with E-state index in [4.69, 9.17) is 9.47 Å². The molecule has 0 atom stereocenters. The first kappa shape index (κ1) is 47.7. The van der Waals surface area contributed by atoms with Crippen molar-refractivity contribution in [3.63, 3.8) is 0 Å². The Bertz CT molecular complexity index is 2390. The Morgan fingerprint density at radius 1 is 0.661 bits per heavy atom. The number of benzene rings is 4. The van der Waals surface area contributed by atoms with E-state index in [0.717, 1.165) is 30.3 Å². The zero-order valence-electron chi connectivity index (χ0n) is 29.7. The van der Waals surface area contributed by atoms with Crippen LogP contribution >= 0.6 is 12.0 Å². The fourth-order valence-corrected chi connectivity index (χ4v) is 5.25. The number of carbonyl (C=O) groups is 4. The van der Waals surface area contributed by atoms with Crippen molar-refractivity contribution in [2.75, 3.05) is 0 Å². The van der Waals surface area contributed by atoms with Crippen molar-refractivity contribution in [2.45, 2.75) is 23.6 Å². The third-order valence-electron chi connectivity index (χ3n) is 6.72. The summed E-state index contributed by atoms with van der Waals surface area (Å²) in [5, 5.41) is 49.0. The number of carbonyl (C=O) groups excluding carboxylic acids is 2. The summed E-state index contributed by atoms with van der Waals surface area (Å²) in [6.45, 7) is 9.70. The van der Waals surface area contributed by atoms with Crippen LogP contribution < -0.4 is 73.8 Å². The summed E-state index contributed by atoms with van der Waals surface area (Å²) >= 11 is 0.377. The van der Waals surface area contributed by atoms with Gasteiger partial charge < -0.3 is 29.5 Å². The van der Waals surface area contributed by atoms with Crippen molar-refractivity contribution >= 4 is 68.8 Å². The number of carboxylic acids is 2. The molecule has 0 saturated carbocycles. The van der Waals surface area contributed by atoms with Crippen LogP contribution in [0.15, 0.2) is 127 Å². The number of nitrogens with zero attached hydrogens (tertiary/aromatic N) is 4. The summed E-state index contributed by atoms with van der Waals surface area (Å²) in [4.78, 5) is 46.7. The first-order chi connectivity index (χ1) is 25.5. The molecule has 0 bridgehead atoms. The van der Waals surface area contributed by atoms with Gasteiger partial charge in [0.2, 0.25) is 0 Å². The number of aromatic carboxylic acids is 2. The Kier molecular flexibility index (Phi) is 18.1. The van der Waals surface area contributed by atoms with E-state index >= 15 is 0 Å². The van der Waals surface area contributed by atoms with Gasteiger partial charge in [0.05, 0.1) is 33.0 Å². The van der Waals surface area contributed by atoms with Gasteiger partial charge in [-0.15, -0.1) is 20.5 Å². The molecule has 278 valence electrons. The van der Waals surface area contributed by atoms with Crippen LogP contribution in [0.5, 0.6) is 11.5 Å². The van der Waals surface area contributed by atoms with Crippen LogP contribution in [0, 0.1) is 0 Å². The molecule has 0 heterocycles. The van der Waals surface area contributed by atoms with E-state index in [9.17, 15) is 47.6 Å². The average molecular weight is 823 g/mol. The Balaban J connectivity index is 0.00000541. The fraction of sp³-hybridized carbons (Fsp3) is 0.0588. The standard InChI is InChI=1S/C34H26N4O14S2.2Na/c1-17(2)33(43)49-21-7-11-25(23(15-21)31(39)40)35-37-27-9-5-19(13-29(27)53-52-51-45)20-6-10-28(30(14-20)54(46,47)48)38-36-26-12-8-22(16-24(26)32(41)42)50-34(44)18(3)4;;/h5-16,45H,1,3H2,2,4H3,(H,39,40)(H,41,42)(H,46,47,48);;/q;2*+1/p-2. The zero-order valence-corrected chi connectivity index (χ0v) is 35.4. The molecule has 0 aliphatic carbocycles. The molecule has 0 fully saturated rings. The third-order valence-corrected chi connectivity index (χ3v) is 8.22. The smallest absolute Gasteiger partial charge is 0.744 e. The molecule has 22 heteroatoms. The minimum Gasteiger partial charge on any atom is -0.744 e. The van der Waals surface area contributed by atoms with Crippen molar-refractivity contribution in [3.05, 3.63) is 108 Å². The third kappa shape index (κ3) is 12.8. The second-order valence-corrected chi connectivity index (χ2v) is 12.8. The van der Waals surface area contributed by atoms with Gasteiger partial charge in [-0.25, -0.2) is 27.6 Å². The van der Waals surface area contributed by atoms with Gasteiger partial charge in [-0.1, -0.05) is 25.3 Å². The van der Waals surface area contributed by atoms with Crippen molar-refractivity contribution in [1.82, 2.24) is 0 Å². The predicted molar refractivity (Wildman–Crippen MR) is 184 cm³/mol. The minimum atomic E-state index is -5.21. The number of hydrogen-bond donors (Lipinski definition) is 2. The molecular weight excluding hydrogens is 799 g/mol. The van der Waals surface area contributed by atoms with Crippen LogP contribution in [0.3, 0.4) is 0 Å². The van der Waals surface area contributed by atoms with Gasteiger partial charge in [0.25, 0.3) is 0 Å². The molecule has 4 rings (SSSR count). The van der Waals surface area contributed by atoms with Crippen LogP contribution in [0.1, 0.15) is 34.6 Å². The van der Waals surface area contributed by atoms with E-state index in [1.165, 1.54) is 56.3 Å². The van der Waals surface area contributed by atoms with Crippen molar-refractivity contribution in [1.29, 1.82) is 0 Å². The average Bonchev–Trinajstić information content (AvgIpc) is 3.12. The number of azo groups is 2. The van der Waals surface area contributed by atoms with Crippen molar-refractivity contribution < 1.29 is 126 Å². The Labute approximate surface area is 366 Å². The van der Waals surface area contributed by atoms with E-state index in [0.29, 0.717) is 12.0 Å². The van der Waals surface area contributed by atoms with E-state index in [1.54, 1.807) is 0 Å². The molecule has 0 aromatic heterocycles. The Hall–Kier alpha value is -4.42. The van der Waals surface area contributed by atoms with Crippen LogP contribution in [-0.2, 0) is 29.1 Å². The summed E-state index contributed by atoms with van der Waals surface area (Å²) in [5.41, 5.74) is -1.13. The molecule has 0 radical (unpaired) electrons. The van der Waals surface area contributed by atoms with Gasteiger partial charge in [0.1, 0.15) is 44.4 Å². The van der Waals surface area contributed by atoms with Gasteiger partial charge in [0, 0.05) is 11.1 Å². The van der Waals surface area contributed by atoms with Crippen molar-refractivity contribution in [2.24, 2.45) is 20.5 Å². The Morgan fingerprint density at radius 3 is 1.50 bits per heavy atom. The zero-order chi connectivity index (χ0) is 39.7. The largest absolute Gasteiger partial charge is 1.00 e. The first-order valence-electron chi connectivity index (χ1n) is 14.7. The fourth-order valence-electron chi connectivity index (χ4n) is 4.15. The maximum Gasteiger partial charge on any atom is 1.00 e. The number of carboxylic acid groups (broad SMARTS) is 2.